The Morgan fingerprint density at radius 3 is 2.84 bits per heavy atom. The van der Waals surface area contributed by atoms with Crippen molar-refractivity contribution in [2.75, 3.05) is 11.9 Å². The van der Waals surface area contributed by atoms with Gasteiger partial charge in [-0.05, 0) is 25.5 Å². The van der Waals surface area contributed by atoms with E-state index >= 15 is 0 Å². The topological polar surface area (TPSA) is 102 Å². The molecule has 0 saturated carbocycles. The Morgan fingerprint density at radius 2 is 2.12 bits per heavy atom. The number of pyridine rings is 1. The molecular formula is C17H19N5O3. The maximum absolute atomic E-state index is 12.5. The van der Waals surface area contributed by atoms with E-state index in [1.807, 2.05) is 6.92 Å². The summed E-state index contributed by atoms with van der Waals surface area (Å²) in [5.74, 6) is 0.290. The zero-order valence-electron chi connectivity index (χ0n) is 14.1. The van der Waals surface area contributed by atoms with Crippen LogP contribution in [0.5, 0.6) is 0 Å². The minimum atomic E-state index is -0.454. The van der Waals surface area contributed by atoms with Gasteiger partial charge in [-0.3, -0.25) is 14.0 Å². The molecular weight excluding hydrogens is 322 g/mol. The summed E-state index contributed by atoms with van der Waals surface area (Å²) < 4.78 is 6.53. The minimum absolute atomic E-state index is 0.155. The SMILES string of the molecule is CCCCNC(=O)c1nc(C(=O)Nc2cc(C)on2)c2ccccn12. The number of anilines is 1. The van der Waals surface area contributed by atoms with Crippen LogP contribution in [0.15, 0.2) is 35.0 Å². The summed E-state index contributed by atoms with van der Waals surface area (Å²) in [6.45, 7) is 4.34. The highest BCUT2D eigenvalue weighted by molar-refractivity contribution is 6.08. The Hall–Kier alpha value is -3.16. The van der Waals surface area contributed by atoms with Crippen molar-refractivity contribution >= 4 is 23.1 Å². The third-order valence-electron chi connectivity index (χ3n) is 3.65. The van der Waals surface area contributed by atoms with E-state index < -0.39 is 5.91 Å². The third-order valence-corrected chi connectivity index (χ3v) is 3.65. The largest absolute Gasteiger partial charge is 0.360 e. The molecule has 0 saturated heterocycles. The molecule has 3 heterocycles. The quantitative estimate of drug-likeness (QED) is 0.670. The smallest absolute Gasteiger partial charge is 0.287 e. The summed E-state index contributed by atoms with van der Waals surface area (Å²) in [6, 6.07) is 6.90. The predicted molar refractivity (Wildman–Crippen MR) is 91.6 cm³/mol. The summed E-state index contributed by atoms with van der Waals surface area (Å²) in [4.78, 5) is 29.2. The number of fused-ring (bicyclic) bond motifs is 1. The van der Waals surface area contributed by atoms with Gasteiger partial charge in [0.1, 0.15) is 5.76 Å². The van der Waals surface area contributed by atoms with Crippen LogP contribution in [-0.4, -0.2) is 32.9 Å². The molecule has 0 spiro atoms. The van der Waals surface area contributed by atoms with E-state index in [0.29, 0.717) is 23.6 Å². The molecule has 0 aromatic carbocycles. The third kappa shape index (κ3) is 3.52. The van der Waals surface area contributed by atoms with Crippen molar-refractivity contribution in [1.82, 2.24) is 19.9 Å². The molecule has 0 aliphatic rings. The summed E-state index contributed by atoms with van der Waals surface area (Å²) in [5.41, 5.74) is 0.697. The molecule has 0 atom stereocenters. The standard InChI is InChI=1S/C17H19N5O3/c1-3-4-8-18-17(24)15-20-14(12-7-5-6-9-22(12)15)16(23)19-13-10-11(2)25-21-13/h5-7,9-10H,3-4,8H2,1-2H3,(H,18,24)(H,19,21,23). The number of carbonyl (C=O) groups excluding carboxylic acids is 2. The molecule has 2 amide bonds. The van der Waals surface area contributed by atoms with Gasteiger partial charge in [-0.2, -0.15) is 0 Å². The first kappa shape index (κ1) is 16.7. The molecule has 0 aliphatic heterocycles. The van der Waals surface area contributed by atoms with E-state index in [-0.39, 0.29) is 17.4 Å². The molecule has 0 bridgehead atoms. The van der Waals surface area contributed by atoms with Crippen LogP contribution >= 0.6 is 0 Å². The van der Waals surface area contributed by atoms with Gasteiger partial charge in [0.15, 0.2) is 11.5 Å². The molecule has 0 unspecified atom stereocenters. The molecule has 8 heteroatoms. The molecule has 0 aliphatic carbocycles. The van der Waals surface area contributed by atoms with Crippen LogP contribution in [0, 0.1) is 6.92 Å². The van der Waals surface area contributed by atoms with Crippen molar-refractivity contribution in [2.24, 2.45) is 0 Å². The van der Waals surface area contributed by atoms with Crippen molar-refractivity contribution in [3.8, 4) is 0 Å². The molecule has 0 radical (unpaired) electrons. The number of carbonyl (C=O) groups is 2. The first-order chi connectivity index (χ1) is 12.1. The number of amides is 2. The summed E-state index contributed by atoms with van der Waals surface area (Å²) in [5, 5.41) is 9.17. The highest BCUT2D eigenvalue weighted by Gasteiger charge is 2.21. The Morgan fingerprint density at radius 1 is 1.28 bits per heavy atom. The molecule has 130 valence electrons. The van der Waals surface area contributed by atoms with E-state index in [1.165, 1.54) is 0 Å². The second-order valence-electron chi connectivity index (χ2n) is 5.63. The van der Waals surface area contributed by atoms with Crippen molar-refractivity contribution in [2.45, 2.75) is 26.7 Å². The fraction of sp³-hybridized carbons (Fsp3) is 0.294. The lowest BCUT2D eigenvalue weighted by Crippen LogP contribution is -2.26. The summed E-state index contributed by atoms with van der Waals surface area (Å²) in [7, 11) is 0. The first-order valence-electron chi connectivity index (χ1n) is 8.10. The van der Waals surface area contributed by atoms with Gasteiger partial charge in [-0.25, -0.2) is 4.98 Å². The monoisotopic (exact) mass is 341 g/mol. The van der Waals surface area contributed by atoms with Crippen LogP contribution < -0.4 is 10.6 Å². The maximum Gasteiger partial charge on any atom is 0.287 e. The van der Waals surface area contributed by atoms with E-state index in [0.717, 1.165) is 12.8 Å². The zero-order chi connectivity index (χ0) is 17.8. The van der Waals surface area contributed by atoms with Gasteiger partial charge in [0.25, 0.3) is 11.8 Å². The number of hydrogen-bond donors (Lipinski definition) is 2. The van der Waals surface area contributed by atoms with Crippen molar-refractivity contribution < 1.29 is 14.1 Å². The van der Waals surface area contributed by atoms with Crippen molar-refractivity contribution in [3.05, 3.63) is 47.7 Å². The van der Waals surface area contributed by atoms with E-state index in [1.54, 1.807) is 41.8 Å². The lowest BCUT2D eigenvalue weighted by Gasteiger charge is -2.02. The first-order valence-corrected chi connectivity index (χ1v) is 8.10. The van der Waals surface area contributed by atoms with E-state index in [4.69, 9.17) is 4.52 Å². The second-order valence-corrected chi connectivity index (χ2v) is 5.63. The van der Waals surface area contributed by atoms with Gasteiger partial charge < -0.3 is 15.2 Å². The fourth-order valence-electron chi connectivity index (χ4n) is 2.42. The highest BCUT2D eigenvalue weighted by atomic mass is 16.5. The molecule has 25 heavy (non-hydrogen) atoms. The zero-order valence-corrected chi connectivity index (χ0v) is 14.1. The molecule has 3 rings (SSSR count). The molecule has 8 nitrogen and oxygen atoms in total. The Labute approximate surface area is 144 Å². The number of hydrogen-bond acceptors (Lipinski definition) is 5. The number of aryl methyl sites for hydroxylation is 1. The second kappa shape index (κ2) is 7.16. The molecule has 3 aromatic rings. The number of unbranched alkanes of at least 4 members (excludes halogenated alkanes) is 1. The average molecular weight is 341 g/mol. The van der Waals surface area contributed by atoms with Gasteiger partial charge in [0.05, 0.1) is 5.52 Å². The number of aromatic nitrogens is 3. The van der Waals surface area contributed by atoms with Crippen LogP contribution in [0.1, 0.15) is 46.6 Å². The molecule has 2 N–H and O–H groups in total. The van der Waals surface area contributed by atoms with Crippen LogP contribution in [0.2, 0.25) is 0 Å². The van der Waals surface area contributed by atoms with Crippen molar-refractivity contribution in [1.29, 1.82) is 0 Å². The van der Waals surface area contributed by atoms with Gasteiger partial charge in [0.2, 0.25) is 5.82 Å². The number of nitrogens with zero attached hydrogens (tertiary/aromatic N) is 3. The lowest BCUT2D eigenvalue weighted by atomic mass is 10.3. The number of rotatable bonds is 6. The summed E-state index contributed by atoms with van der Waals surface area (Å²) in [6.07, 6.45) is 3.56. The molecule has 0 fully saturated rings. The van der Waals surface area contributed by atoms with Gasteiger partial charge in [0, 0.05) is 18.8 Å². The van der Waals surface area contributed by atoms with Gasteiger partial charge in [-0.15, -0.1) is 0 Å². The van der Waals surface area contributed by atoms with Crippen molar-refractivity contribution in [3.63, 3.8) is 0 Å². The predicted octanol–water partition coefficient (Wildman–Crippen LogP) is 2.41. The van der Waals surface area contributed by atoms with Gasteiger partial charge >= 0.3 is 0 Å². The highest BCUT2D eigenvalue weighted by Crippen LogP contribution is 2.16. The van der Waals surface area contributed by atoms with Crippen LogP contribution in [0.25, 0.3) is 5.52 Å². The Kier molecular flexibility index (Phi) is 4.78. The Balaban J connectivity index is 1.90. The minimum Gasteiger partial charge on any atom is -0.360 e. The molecule has 3 aromatic heterocycles. The fourth-order valence-corrected chi connectivity index (χ4v) is 2.42. The lowest BCUT2D eigenvalue weighted by molar-refractivity contribution is 0.0942. The number of imidazole rings is 1. The summed E-state index contributed by atoms with van der Waals surface area (Å²) >= 11 is 0. The normalized spacial score (nSPS) is 10.8. The van der Waals surface area contributed by atoms with Gasteiger partial charge in [-0.1, -0.05) is 24.6 Å². The van der Waals surface area contributed by atoms with Crippen LogP contribution in [0.3, 0.4) is 0 Å². The van der Waals surface area contributed by atoms with Crippen LogP contribution in [-0.2, 0) is 0 Å². The maximum atomic E-state index is 12.5. The van der Waals surface area contributed by atoms with E-state index in [9.17, 15) is 9.59 Å². The Bertz CT molecular complexity index is 912. The van der Waals surface area contributed by atoms with E-state index in [2.05, 4.69) is 20.8 Å². The average Bonchev–Trinajstić information content (AvgIpc) is 3.18. The number of nitrogens with one attached hydrogen (secondary N) is 2. The van der Waals surface area contributed by atoms with Crippen LogP contribution in [0.4, 0.5) is 5.82 Å².